The van der Waals surface area contributed by atoms with E-state index in [4.69, 9.17) is 9.47 Å². The smallest absolute Gasteiger partial charge is 0.244 e. The van der Waals surface area contributed by atoms with Crippen LogP contribution in [0.15, 0.2) is 17.0 Å². The molecule has 0 unspecified atom stereocenters. The maximum absolute atomic E-state index is 12.3. The van der Waals surface area contributed by atoms with Crippen LogP contribution in [0.3, 0.4) is 0 Å². The molecule has 0 aromatic heterocycles. The van der Waals surface area contributed by atoms with Crippen LogP contribution in [0.25, 0.3) is 0 Å². The minimum atomic E-state index is -3.62. The molecule has 19 heavy (non-hydrogen) atoms. The Morgan fingerprint density at radius 1 is 1.21 bits per heavy atom. The highest BCUT2D eigenvalue weighted by Crippen LogP contribution is 2.31. The zero-order chi connectivity index (χ0) is 14.6. The van der Waals surface area contributed by atoms with Crippen LogP contribution in [0, 0.1) is 6.92 Å². The Hall–Kier alpha value is -1.27. The number of rotatable bonds is 6. The Bertz CT molecular complexity index is 540. The molecule has 1 N–H and O–H groups in total. The summed E-state index contributed by atoms with van der Waals surface area (Å²) in [6.07, 6.45) is 0.713. The molecule has 1 aromatic carbocycles. The van der Waals surface area contributed by atoms with Crippen LogP contribution in [-0.4, -0.2) is 28.7 Å². The average Bonchev–Trinajstić information content (AvgIpc) is 2.37. The zero-order valence-electron chi connectivity index (χ0n) is 12.0. The lowest BCUT2D eigenvalue weighted by Crippen LogP contribution is -2.32. The third kappa shape index (κ3) is 3.61. The van der Waals surface area contributed by atoms with E-state index in [0.717, 1.165) is 5.56 Å². The topological polar surface area (TPSA) is 64.6 Å². The molecule has 0 amide bonds. The molecule has 0 aliphatic rings. The van der Waals surface area contributed by atoms with Crippen LogP contribution in [-0.2, 0) is 10.0 Å². The summed E-state index contributed by atoms with van der Waals surface area (Å²) >= 11 is 0. The van der Waals surface area contributed by atoms with Gasteiger partial charge in [-0.25, -0.2) is 13.1 Å². The summed E-state index contributed by atoms with van der Waals surface area (Å²) in [5, 5.41) is 0. The Kier molecular flexibility index (Phi) is 5.20. The number of benzene rings is 1. The highest BCUT2D eigenvalue weighted by atomic mass is 32.2. The van der Waals surface area contributed by atoms with Crippen molar-refractivity contribution in [3.05, 3.63) is 17.7 Å². The number of hydrogen-bond acceptors (Lipinski definition) is 4. The van der Waals surface area contributed by atoms with Crippen LogP contribution in [0.1, 0.15) is 25.8 Å². The van der Waals surface area contributed by atoms with Gasteiger partial charge in [0, 0.05) is 12.1 Å². The van der Waals surface area contributed by atoms with Gasteiger partial charge in [-0.2, -0.15) is 0 Å². The van der Waals surface area contributed by atoms with Crippen molar-refractivity contribution in [2.75, 3.05) is 14.2 Å². The van der Waals surface area contributed by atoms with Gasteiger partial charge in [0.2, 0.25) is 10.0 Å². The molecular formula is C13H21NO4S. The molecule has 0 aliphatic heterocycles. The highest BCUT2D eigenvalue weighted by molar-refractivity contribution is 7.89. The molecular weight excluding hydrogens is 266 g/mol. The maximum atomic E-state index is 12.3. The monoisotopic (exact) mass is 287 g/mol. The minimum absolute atomic E-state index is 0.0951. The first-order chi connectivity index (χ1) is 8.85. The summed E-state index contributed by atoms with van der Waals surface area (Å²) in [6.45, 7) is 5.56. The summed E-state index contributed by atoms with van der Waals surface area (Å²) in [4.78, 5) is 0.0951. The first-order valence-corrected chi connectivity index (χ1v) is 7.59. The predicted octanol–water partition coefficient (Wildman–Crippen LogP) is 2.09. The van der Waals surface area contributed by atoms with Gasteiger partial charge < -0.3 is 9.47 Å². The largest absolute Gasteiger partial charge is 0.496 e. The van der Waals surface area contributed by atoms with Gasteiger partial charge in [-0.1, -0.05) is 6.92 Å². The molecule has 0 fully saturated rings. The minimum Gasteiger partial charge on any atom is -0.496 e. The summed E-state index contributed by atoms with van der Waals surface area (Å²) in [6, 6.07) is 3.00. The number of methoxy groups -OCH3 is 2. The third-order valence-corrected chi connectivity index (χ3v) is 4.55. The van der Waals surface area contributed by atoms with Gasteiger partial charge in [-0.3, -0.25) is 0 Å². The van der Waals surface area contributed by atoms with Crippen LogP contribution >= 0.6 is 0 Å². The van der Waals surface area contributed by atoms with Crippen molar-refractivity contribution in [3.8, 4) is 11.5 Å². The number of nitrogens with one attached hydrogen (secondary N) is 1. The molecule has 6 heteroatoms. The van der Waals surface area contributed by atoms with Gasteiger partial charge >= 0.3 is 0 Å². The van der Waals surface area contributed by atoms with E-state index in [1.54, 1.807) is 6.07 Å². The normalized spacial score (nSPS) is 13.1. The standard InChI is InChI=1S/C13H21NO4S/c1-6-10(3)14-19(15,16)13-8-11(17-4)9(2)7-12(13)18-5/h7-8,10,14H,6H2,1-5H3/t10-/m1/s1. The van der Waals surface area contributed by atoms with E-state index in [9.17, 15) is 8.42 Å². The Balaban J connectivity index is 3.32. The summed E-state index contributed by atoms with van der Waals surface area (Å²) in [5.74, 6) is 0.833. The van der Waals surface area contributed by atoms with E-state index >= 15 is 0 Å². The van der Waals surface area contributed by atoms with Gasteiger partial charge in [-0.05, 0) is 31.9 Å². The average molecular weight is 287 g/mol. The quantitative estimate of drug-likeness (QED) is 0.870. The van der Waals surface area contributed by atoms with E-state index in [-0.39, 0.29) is 10.9 Å². The first kappa shape index (κ1) is 15.8. The predicted molar refractivity (Wildman–Crippen MR) is 74.4 cm³/mol. The fraction of sp³-hybridized carbons (Fsp3) is 0.538. The van der Waals surface area contributed by atoms with Crippen LogP contribution < -0.4 is 14.2 Å². The van der Waals surface area contributed by atoms with Gasteiger partial charge in [0.1, 0.15) is 16.4 Å². The molecule has 0 saturated carbocycles. The summed E-state index contributed by atoms with van der Waals surface area (Å²) < 4.78 is 37.5. The lowest BCUT2D eigenvalue weighted by atomic mass is 10.2. The summed E-state index contributed by atoms with van der Waals surface area (Å²) in [5.41, 5.74) is 0.821. The van der Waals surface area contributed by atoms with E-state index in [0.29, 0.717) is 17.9 Å². The van der Waals surface area contributed by atoms with Crippen LogP contribution in [0.2, 0.25) is 0 Å². The van der Waals surface area contributed by atoms with Crippen molar-refractivity contribution in [2.45, 2.75) is 38.1 Å². The molecule has 108 valence electrons. The third-order valence-electron chi connectivity index (χ3n) is 2.94. The Morgan fingerprint density at radius 3 is 2.26 bits per heavy atom. The maximum Gasteiger partial charge on any atom is 0.244 e. The summed E-state index contributed by atoms with van der Waals surface area (Å²) in [7, 11) is -0.664. The lowest BCUT2D eigenvalue weighted by Gasteiger charge is -2.16. The molecule has 0 spiro atoms. The molecule has 0 heterocycles. The number of aryl methyl sites for hydroxylation is 1. The number of sulfonamides is 1. The fourth-order valence-corrected chi connectivity index (χ4v) is 3.14. The molecule has 0 saturated heterocycles. The van der Waals surface area contributed by atoms with Crippen molar-refractivity contribution >= 4 is 10.0 Å². The van der Waals surface area contributed by atoms with E-state index in [1.807, 2.05) is 20.8 Å². The van der Waals surface area contributed by atoms with Gasteiger partial charge in [-0.15, -0.1) is 0 Å². The van der Waals surface area contributed by atoms with Gasteiger partial charge in [0.05, 0.1) is 14.2 Å². The van der Waals surface area contributed by atoms with E-state index in [2.05, 4.69) is 4.72 Å². The Morgan fingerprint density at radius 2 is 1.79 bits per heavy atom. The lowest BCUT2D eigenvalue weighted by molar-refractivity contribution is 0.389. The zero-order valence-corrected chi connectivity index (χ0v) is 12.8. The molecule has 5 nitrogen and oxygen atoms in total. The second-order valence-corrected chi connectivity index (χ2v) is 6.09. The number of hydrogen-bond donors (Lipinski definition) is 1. The van der Waals surface area contributed by atoms with Gasteiger partial charge in [0.25, 0.3) is 0 Å². The fourth-order valence-electron chi connectivity index (χ4n) is 1.64. The van der Waals surface area contributed by atoms with Crippen molar-refractivity contribution < 1.29 is 17.9 Å². The molecule has 1 aromatic rings. The van der Waals surface area contributed by atoms with Crippen molar-refractivity contribution in [2.24, 2.45) is 0 Å². The van der Waals surface area contributed by atoms with Gasteiger partial charge in [0.15, 0.2) is 0 Å². The second kappa shape index (κ2) is 6.25. The van der Waals surface area contributed by atoms with Crippen LogP contribution in [0.4, 0.5) is 0 Å². The Labute approximate surface area is 115 Å². The van der Waals surface area contributed by atoms with E-state index in [1.165, 1.54) is 20.3 Å². The van der Waals surface area contributed by atoms with Crippen molar-refractivity contribution in [3.63, 3.8) is 0 Å². The molecule has 1 atom stereocenters. The first-order valence-electron chi connectivity index (χ1n) is 6.10. The molecule has 0 aliphatic carbocycles. The molecule has 0 radical (unpaired) electrons. The SMILES string of the molecule is CC[C@@H](C)NS(=O)(=O)c1cc(OC)c(C)cc1OC. The molecule has 1 rings (SSSR count). The second-order valence-electron chi connectivity index (χ2n) is 4.40. The molecule has 0 bridgehead atoms. The van der Waals surface area contributed by atoms with E-state index < -0.39 is 10.0 Å². The van der Waals surface area contributed by atoms with Crippen molar-refractivity contribution in [1.29, 1.82) is 0 Å². The van der Waals surface area contributed by atoms with Crippen LogP contribution in [0.5, 0.6) is 11.5 Å². The number of ether oxygens (including phenoxy) is 2. The highest BCUT2D eigenvalue weighted by Gasteiger charge is 2.23. The van der Waals surface area contributed by atoms with Crippen molar-refractivity contribution in [1.82, 2.24) is 4.72 Å².